The van der Waals surface area contributed by atoms with Crippen LogP contribution in [-0.2, 0) is 4.79 Å². The molecule has 0 spiro atoms. The molecule has 3 rings (SSSR count). The smallest absolute Gasteiger partial charge is 0.281 e. The first kappa shape index (κ1) is 21.1. The fraction of sp³-hybridized carbons (Fsp3) is 0.250. The van der Waals surface area contributed by atoms with Crippen LogP contribution in [0.2, 0.25) is 0 Å². The molecule has 0 heterocycles. The molecule has 5 heteroatoms. The number of carbonyl (C=O) groups excluding carboxylic acids is 1. The number of hydrogen-bond acceptors (Lipinski definition) is 3. The second-order valence-corrected chi connectivity index (χ2v) is 7.95. The minimum absolute atomic E-state index is 0.272. The van der Waals surface area contributed by atoms with Crippen molar-refractivity contribution >= 4 is 38.8 Å². The van der Waals surface area contributed by atoms with Crippen molar-refractivity contribution in [2.75, 3.05) is 0 Å². The topological polar surface area (TPSA) is 50.7 Å². The fourth-order valence-corrected chi connectivity index (χ4v) is 3.99. The molecular weight excluding hydrogens is 428 g/mol. The number of benzene rings is 3. The SMILES string of the molecule is CCC(Oc1ccc2ccccc2c1Br)C(=O)N/N=C/c1c(C)cc(C)cc1C. The molecule has 1 amide bonds. The third kappa shape index (κ3) is 4.85. The van der Waals surface area contributed by atoms with Gasteiger partial charge in [-0.1, -0.05) is 55.0 Å². The Morgan fingerprint density at radius 2 is 1.83 bits per heavy atom. The van der Waals surface area contributed by atoms with E-state index in [0.29, 0.717) is 12.2 Å². The van der Waals surface area contributed by atoms with Gasteiger partial charge >= 0.3 is 0 Å². The summed E-state index contributed by atoms with van der Waals surface area (Å²) >= 11 is 3.61. The highest BCUT2D eigenvalue weighted by molar-refractivity contribution is 9.10. The molecule has 0 bridgehead atoms. The summed E-state index contributed by atoms with van der Waals surface area (Å²) in [6.07, 6.45) is 1.59. The molecule has 1 unspecified atom stereocenters. The Labute approximate surface area is 180 Å². The van der Waals surface area contributed by atoms with Gasteiger partial charge in [-0.25, -0.2) is 5.43 Å². The highest BCUT2D eigenvalue weighted by Gasteiger charge is 2.19. The van der Waals surface area contributed by atoms with Gasteiger partial charge in [-0.3, -0.25) is 4.79 Å². The van der Waals surface area contributed by atoms with E-state index in [-0.39, 0.29) is 5.91 Å². The van der Waals surface area contributed by atoms with Gasteiger partial charge in [0, 0.05) is 5.56 Å². The Morgan fingerprint density at radius 3 is 2.52 bits per heavy atom. The van der Waals surface area contributed by atoms with Crippen molar-refractivity contribution in [1.29, 1.82) is 0 Å². The van der Waals surface area contributed by atoms with Crippen molar-refractivity contribution in [2.24, 2.45) is 5.10 Å². The summed E-state index contributed by atoms with van der Waals surface area (Å²) in [6.45, 7) is 8.06. The molecule has 0 aliphatic carbocycles. The molecule has 0 aliphatic rings. The number of aryl methyl sites for hydroxylation is 3. The van der Waals surface area contributed by atoms with Gasteiger partial charge in [0.1, 0.15) is 5.75 Å². The lowest BCUT2D eigenvalue weighted by Gasteiger charge is -2.17. The molecule has 0 saturated heterocycles. The lowest BCUT2D eigenvalue weighted by Crippen LogP contribution is -2.35. The van der Waals surface area contributed by atoms with Gasteiger partial charge in [-0.05, 0) is 71.1 Å². The van der Waals surface area contributed by atoms with E-state index in [9.17, 15) is 4.79 Å². The zero-order chi connectivity index (χ0) is 21.0. The standard InChI is InChI=1S/C24H25BrN2O2/c1-5-21(29-22-11-10-18-8-6-7-9-19(18)23(22)25)24(28)27-26-14-20-16(3)12-15(2)13-17(20)4/h6-14,21H,5H2,1-4H3,(H,27,28)/b26-14+. The number of ether oxygens (including phenoxy) is 1. The predicted octanol–water partition coefficient (Wildman–Crippen LogP) is 5.84. The van der Waals surface area contributed by atoms with Crippen LogP contribution in [0.3, 0.4) is 0 Å². The number of halogens is 1. The van der Waals surface area contributed by atoms with Crippen LogP contribution in [-0.4, -0.2) is 18.2 Å². The number of hydrazone groups is 1. The van der Waals surface area contributed by atoms with Gasteiger partial charge < -0.3 is 4.74 Å². The van der Waals surface area contributed by atoms with Gasteiger partial charge in [0.05, 0.1) is 10.7 Å². The molecule has 0 radical (unpaired) electrons. The van der Waals surface area contributed by atoms with Crippen molar-refractivity contribution in [2.45, 2.75) is 40.2 Å². The van der Waals surface area contributed by atoms with Crippen molar-refractivity contribution in [3.63, 3.8) is 0 Å². The quantitative estimate of drug-likeness (QED) is 0.377. The Morgan fingerprint density at radius 1 is 1.14 bits per heavy atom. The second kappa shape index (κ2) is 9.23. The fourth-order valence-electron chi connectivity index (χ4n) is 3.41. The first-order valence-corrected chi connectivity index (χ1v) is 10.4. The maximum atomic E-state index is 12.6. The number of rotatable bonds is 6. The normalized spacial score (nSPS) is 12.3. The molecule has 150 valence electrons. The van der Waals surface area contributed by atoms with E-state index >= 15 is 0 Å². The molecule has 3 aromatic carbocycles. The Bertz CT molecular complexity index is 1050. The molecule has 29 heavy (non-hydrogen) atoms. The van der Waals surface area contributed by atoms with Gasteiger partial charge in [0.15, 0.2) is 6.10 Å². The number of nitrogens with zero attached hydrogens (tertiary/aromatic N) is 1. The zero-order valence-corrected chi connectivity index (χ0v) is 18.7. The summed E-state index contributed by atoms with van der Waals surface area (Å²) < 4.78 is 6.84. The van der Waals surface area contributed by atoms with Crippen LogP contribution in [0.25, 0.3) is 10.8 Å². The van der Waals surface area contributed by atoms with E-state index in [0.717, 1.165) is 31.9 Å². The maximum absolute atomic E-state index is 12.6. The first-order chi connectivity index (χ1) is 13.9. The Kier molecular flexibility index (Phi) is 6.70. The van der Waals surface area contributed by atoms with Crippen molar-refractivity contribution in [3.8, 4) is 5.75 Å². The van der Waals surface area contributed by atoms with Crippen molar-refractivity contribution < 1.29 is 9.53 Å². The van der Waals surface area contributed by atoms with E-state index in [2.05, 4.69) is 45.5 Å². The lowest BCUT2D eigenvalue weighted by atomic mass is 10.0. The van der Waals surface area contributed by atoms with E-state index in [1.165, 1.54) is 5.56 Å². The number of fused-ring (bicyclic) bond motifs is 1. The van der Waals surface area contributed by atoms with E-state index < -0.39 is 6.10 Å². The summed E-state index contributed by atoms with van der Waals surface area (Å²) in [5.41, 5.74) is 7.10. The summed E-state index contributed by atoms with van der Waals surface area (Å²) in [6, 6.07) is 16.1. The largest absolute Gasteiger partial charge is 0.479 e. The number of nitrogens with one attached hydrogen (secondary N) is 1. The second-order valence-electron chi connectivity index (χ2n) is 7.16. The van der Waals surface area contributed by atoms with Gasteiger partial charge in [-0.15, -0.1) is 0 Å². The molecule has 1 N–H and O–H groups in total. The summed E-state index contributed by atoms with van der Waals surface area (Å²) in [7, 11) is 0. The van der Waals surface area contributed by atoms with Gasteiger partial charge in [0.2, 0.25) is 0 Å². The van der Waals surface area contributed by atoms with E-state index in [4.69, 9.17) is 4.74 Å². The minimum Gasteiger partial charge on any atom is -0.479 e. The highest BCUT2D eigenvalue weighted by Crippen LogP contribution is 2.33. The van der Waals surface area contributed by atoms with E-state index in [1.807, 2.05) is 57.2 Å². The van der Waals surface area contributed by atoms with Crippen LogP contribution in [0, 0.1) is 20.8 Å². The van der Waals surface area contributed by atoms with Crippen LogP contribution < -0.4 is 10.2 Å². The maximum Gasteiger partial charge on any atom is 0.281 e. The molecule has 0 saturated carbocycles. The molecule has 3 aromatic rings. The molecule has 0 fully saturated rings. The third-order valence-corrected chi connectivity index (χ3v) is 5.68. The van der Waals surface area contributed by atoms with Crippen LogP contribution in [0.4, 0.5) is 0 Å². The lowest BCUT2D eigenvalue weighted by molar-refractivity contribution is -0.128. The van der Waals surface area contributed by atoms with Crippen molar-refractivity contribution in [1.82, 2.24) is 5.43 Å². The summed E-state index contributed by atoms with van der Waals surface area (Å²) in [5.74, 6) is 0.367. The number of hydrogen-bond donors (Lipinski definition) is 1. The van der Waals surface area contributed by atoms with E-state index in [1.54, 1.807) is 6.21 Å². The van der Waals surface area contributed by atoms with Gasteiger partial charge in [-0.2, -0.15) is 5.10 Å². The molecule has 4 nitrogen and oxygen atoms in total. The molecular formula is C24H25BrN2O2. The van der Waals surface area contributed by atoms with Crippen LogP contribution in [0.15, 0.2) is 58.1 Å². The molecule has 0 aromatic heterocycles. The molecule has 1 atom stereocenters. The number of carbonyl (C=O) groups is 1. The average molecular weight is 453 g/mol. The van der Waals surface area contributed by atoms with Crippen molar-refractivity contribution in [3.05, 3.63) is 75.3 Å². The minimum atomic E-state index is -0.634. The Balaban J connectivity index is 1.72. The predicted molar refractivity (Wildman–Crippen MR) is 123 cm³/mol. The average Bonchev–Trinajstić information content (AvgIpc) is 2.69. The summed E-state index contributed by atoms with van der Waals surface area (Å²) in [5, 5.41) is 6.31. The van der Waals surface area contributed by atoms with Crippen LogP contribution >= 0.6 is 15.9 Å². The van der Waals surface area contributed by atoms with Crippen LogP contribution in [0.5, 0.6) is 5.75 Å². The highest BCUT2D eigenvalue weighted by atomic mass is 79.9. The monoisotopic (exact) mass is 452 g/mol. The third-order valence-electron chi connectivity index (χ3n) is 4.87. The number of amides is 1. The van der Waals surface area contributed by atoms with Gasteiger partial charge in [0.25, 0.3) is 5.91 Å². The summed E-state index contributed by atoms with van der Waals surface area (Å²) in [4.78, 5) is 12.6. The van der Waals surface area contributed by atoms with Crippen LogP contribution in [0.1, 0.15) is 35.6 Å². The molecule has 0 aliphatic heterocycles. The zero-order valence-electron chi connectivity index (χ0n) is 17.1. The Hall–Kier alpha value is -2.66. The first-order valence-electron chi connectivity index (χ1n) is 9.65.